The maximum Gasteiger partial charge on any atom is 0.303 e. The van der Waals surface area contributed by atoms with Gasteiger partial charge in [-0.15, -0.1) is 0 Å². The normalized spacial score (nSPS) is 25.4. The van der Waals surface area contributed by atoms with Gasteiger partial charge in [0, 0.05) is 31.3 Å². The third-order valence-corrected chi connectivity index (χ3v) is 6.78. The van der Waals surface area contributed by atoms with E-state index < -0.39 is 17.5 Å². The first-order valence-electron chi connectivity index (χ1n) is 11.1. The van der Waals surface area contributed by atoms with Crippen molar-refractivity contribution in [2.45, 2.75) is 64.6 Å². The average molecular weight is 434 g/mol. The van der Waals surface area contributed by atoms with Crippen molar-refractivity contribution in [1.29, 1.82) is 0 Å². The molecule has 0 amide bonds. The molecule has 2 fully saturated rings. The van der Waals surface area contributed by atoms with Crippen LogP contribution in [0.4, 0.5) is 0 Å². The Hall–Kier alpha value is -2.12. The zero-order chi connectivity index (χ0) is 22.6. The van der Waals surface area contributed by atoms with Gasteiger partial charge in [-0.1, -0.05) is 13.0 Å². The fourth-order valence-corrected chi connectivity index (χ4v) is 4.82. The molecule has 3 rings (SSSR count). The van der Waals surface area contributed by atoms with E-state index in [0.717, 1.165) is 24.2 Å². The molecule has 1 heterocycles. The molecule has 1 saturated carbocycles. The zero-order valence-electron chi connectivity index (χ0n) is 19.1. The first-order valence-corrected chi connectivity index (χ1v) is 11.1. The van der Waals surface area contributed by atoms with Crippen molar-refractivity contribution in [3.63, 3.8) is 0 Å². The van der Waals surface area contributed by atoms with E-state index in [2.05, 4.69) is 6.92 Å². The highest BCUT2D eigenvalue weighted by atomic mass is 16.5. The van der Waals surface area contributed by atoms with Crippen molar-refractivity contribution >= 4 is 11.8 Å². The molecule has 0 bridgehead atoms. The van der Waals surface area contributed by atoms with Gasteiger partial charge in [0.1, 0.15) is 0 Å². The van der Waals surface area contributed by atoms with Crippen LogP contribution in [-0.2, 0) is 14.3 Å². The lowest BCUT2D eigenvalue weighted by Gasteiger charge is -2.34. The minimum atomic E-state index is -0.563. The number of carbonyl (C=O) groups is 2. The standard InChI is InChI=1S/C24H35NO6/c1-16(26)24(3)15-25(12-19(28)14-30-17(2)27)13-21(24)18-9-10-22(29-4)23(11-18)31-20-7-5-6-8-20/h9-11,16,20-21,26H,5-8,12-15H2,1-4H3/t16-,21+,24+/m1/s1. The van der Waals surface area contributed by atoms with E-state index in [1.807, 2.05) is 23.1 Å². The molecule has 0 radical (unpaired) electrons. The van der Waals surface area contributed by atoms with Crippen LogP contribution in [0.1, 0.15) is 57.9 Å². The van der Waals surface area contributed by atoms with Crippen molar-refractivity contribution in [2.75, 3.05) is 33.4 Å². The van der Waals surface area contributed by atoms with Crippen LogP contribution >= 0.6 is 0 Å². The van der Waals surface area contributed by atoms with E-state index in [4.69, 9.17) is 14.2 Å². The summed E-state index contributed by atoms with van der Waals surface area (Å²) in [5, 5.41) is 10.6. The third kappa shape index (κ3) is 5.57. The number of aliphatic hydroxyl groups excluding tert-OH is 1. The van der Waals surface area contributed by atoms with Crippen LogP contribution in [0.5, 0.6) is 11.5 Å². The van der Waals surface area contributed by atoms with Gasteiger partial charge < -0.3 is 19.3 Å². The second-order valence-electron chi connectivity index (χ2n) is 9.16. The summed E-state index contributed by atoms with van der Waals surface area (Å²) in [6, 6.07) is 5.99. The Morgan fingerprint density at radius 3 is 2.58 bits per heavy atom. The number of esters is 1. The number of ether oxygens (including phenoxy) is 3. The molecular weight excluding hydrogens is 398 g/mol. The minimum Gasteiger partial charge on any atom is -0.493 e. The number of hydrogen-bond donors (Lipinski definition) is 1. The molecule has 1 aliphatic carbocycles. The molecule has 1 aromatic rings. The van der Waals surface area contributed by atoms with Gasteiger partial charge in [-0.05, 0) is 50.3 Å². The highest BCUT2D eigenvalue weighted by Crippen LogP contribution is 2.47. The molecule has 7 heteroatoms. The van der Waals surface area contributed by atoms with Crippen LogP contribution in [0.3, 0.4) is 0 Å². The number of aliphatic hydroxyl groups is 1. The van der Waals surface area contributed by atoms with E-state index in [1.165, 1.54) is 19.8 Å². The first-order chi connectivity index (χ1) is 14.7. The maximum absolute atomic E-state index is 12.2. The lowest BCUT2D eigenvalue weighted by molar-refractivity contribution is -0.146. The summed E-state index contributed by atoms with van der Waals surface area (Å²) in [4.78, 5) is 25.3. The van der Waals surface area contributed by atoms with Crippen LogP contribution in [0, 0.1) is 5.41 Å². The monoisotopic (exact) mass is 433 g/mol. The molecule has 172 valence electrons. The van der Waals surface area contributed by atoms with E-state index in [-0.39, 0.29) is 31.0 Å². The van der Waals surface area contributed by atoms with Gasteiger partial charge in [0.2, 0.25) is 0 Å². The summed E-state index contributed by atoms with van der Waals surface area (Å²) in [5.41, 5.74) is 0.633. The highest BCUT2D eigenvalue weighted by molar-refractivity contribution is 5.83. The Kier molecular flexibility index (Phi) is 7.59. The molecule has 0 spiro atoms. The fourth-order valence-electron chi connectivity index (χ4n) is 4.82. The minimum absolute atomic E-state index is 0.0193. The molecule has 31 heavy (non-hydrogen) atoms. The number of carbonyl (C=O) groups excluding carboxylic acids is 2. The average Bonchev–Trinajstić information content (AvgIpc) is 3.34. The number of hydrogen-bond acceptors (Lipinski definition) is 7. The smallest absolute Gasteiger partial charge is 0.303 e. The number of benzene rings is 1. The summed E-state index contributed by atoms with van der Waals surface area (Å²) < 4.78 is 16.6. The molecule has 1 saturated heterocycles. The molecular formula is C24H35NO6. The SMILES string of the molecule is COc1ccc([C@@H]2CN(CC(=O)COC(C)=O)C[C@@]2(C)[C@@H](C)O)cc1OC1CCCC1. The van der Waals surface area contributed by atoms with Crippen molar-refractivity contribution in [2.24, 2.45) is 5.41 Å². The number of methoxy groups -OCH3 is 1. The molecule has 1 aromatic carbocycles. The van der Waals surface area contributed by atoms with Crippen LogP contribution in [0.2, 0.25) is 0 Å². The van der Waals surface area contributed by atoms with Crippen molar-refractivity contribution in [1.82, 2.24) is 4.90 Å². The Morgan fingerprint density at radius 1 is 1.26 bits per heavy atom. The summed E-state index contributed by atoms with van der Waals surface area (Å²) in [5.74, 6) is 0.856. The summed E-state index contributed by atoms with van der Waals surface area (Å²) in [7, 11) is 1.64. The highest BCUT2D eigenvalue weighted by Gasteiger charge is 2.47. The Bertz CT molecular complexity index is 788. The Balaban J connectivity index is 1.79. The molecule has 7 nitrogen and oxygen atoms in total. The van der Waals surface area contributed by atoms with E-state index >= 15 is 0 Å². The number of rotatable bonds is 9. The number of nitrogens with zero attached hydrogens (tertiary/aromatic N) is 1. The molecule has 1 aliphatic heterocycles. The van der Waals surface area contributed by atoms with E-state index in [0.29, 0.717) is 18.8 Å². The van der Waals surface area contributed by atoms with Crippen molar-refractivity contribution < 1.29 is 28.9 Å². The quantitative estimate of drug-likeness (QED) is 0.599. The van der Waals surface area contributed by atoms with Gasteiger partial charge in [0.05, 0.1) is 25.9 Å². The zero-order valence-corrected chi connectivity index (χ0v) is 19.1. The predicted molar refractivity (Wildman–Crippen MR) is 116 cm³/mol. The van der Waals surface area contributed by atoms with Gasteiger partial charge in [0.25, 0.3) is 0 Å². The fraction of sp³-hybridized carbons (Fsp3) is 0.667. The maximum atomic E-state index is 12.2. The van der Waals surface area contributed by atoms with Crippen molar-refractivity contribution in [3.05, 3.63) is 23.8 Å². The topological polar surface area (TPSA) is 85.3 Å². The Morgan fingerprint density at radius 2 is 1.97 bits per heavy atom. The van der Waals surface area contributed by atoms with Crippen molar-refractivity contribution in [3.8, 4) is 11.5 Å². The molecule has 1 N–H and O–H groups in total. The predicted octanol–water partition coefficient (Wildman–Crippen LogP) is 2.94. The lowest BCUT2D eigenvalue weighted by atomic mass is 9.72. The Labute approximate surface area is 184 Å². The number of likely N-dealkylation sites (tertiary alicyclic amines) is 1. The lowest BCUT2D eigenvalue weighted by Crippen LogP contribution is -2.38. The summed E-state index contributed by atoms with van der Waals surface area (Å²) in [6.45, 7) is 6.32. The van der Waals surface area contributed by atoms with Crippen LogP contribution in [0.25, 0.3) is 0 Å². The molecule has 0 aromatic heterocycles. The first kappa shape index (κ1) is 23.5. The van der Waals surface area contributed by atoms with Gasteiger partial charge in [-0.3, -0.25) is 14.5 Å². The van der Waals surface area contributed by atoms with Crippen LogP contribution in [0.15, 0.2) is 18.2 Å². The molecule has 3 atom stereocenters. The summed E-state index contributed by atoms with van der Waals surface area (Å²) in [6.07, 6.45) is 4.14. The van der Waals surface area contributed by atoms with Crippen LogP contribution < -0.4 is 9.47 Å². The van der Waals surface area contributed by atoms with Gasteiger partial charge in [0.15, 0.2) is 23.9 Å². The van der Waals surface area contributed by atoms with E-state index in [9.17, 15) is 14.7 Å². The third-order valence-electron chi connectivity index (χ3n) is 6.78. The summed E-state index contributed by atoms with van der Waals surface area (Å²) >= 11 is 0. The second-order valence-corrected chi connectivity index (χ2v) is 9.16. The second kappa shape index (κ2) is 10.0. The molecule has 2 aliphatic rings. The van der Waals surface area contributed by atoms with Gasteiger partial charge >= 0.3 is 5.97 Å². The van der Waals surface area contributed by atoms with Crippen LogP contribution in [-0.4, -0.2) is 67.3 Å². The van der Waals surface area contributed by atoms with E-state index in [1.54, 1.807) is 14.0 Å². The van der Waals surface area contributed by atoms with Gasteiger partial charge in [-0.2, -0.15) is 0 Å². The number of ketones is 1. The number of Topliss-reactive ketones (excluding diaryl/α,β-unsaturated/α-hetero) is 1. The van der Waals surface area contributed by atoms with Gasteiger partial charge in [-0.25, -0.2) is 0 Å². The largest absolute Gasteiger partial charge is 0.493 e. The molecule has 0 unspecified atom stereocenters.